The first kappa shape index (κ1) is 12.2. The van der Waals surface area contributed by atoms with Crippen LogP contribution in [0.5, 0.6) is 0 Å². The quantitative estimate of drug-likeness (QED) is 0.388. The molecule has 4 N–H and O–H groups in total. The van der Waals surface area contributed by atoms with Gasteiger partial charge in [-0.25, -0.2) is 19.0 Å². The monoisotopic (exact) mass is 216 g/mol. The molecule has 0 aliphatic heterocycles. The summed E-state index contributed by atoms with van der Waals surface area (Å²) in [6.07, 6.45) is -2.59. The van der Waals surface area contributed by atoms with Crippen molar-refractivity contribution in [2.75, 3.05) is 0 Å². The van der Waals surface area contributed by atoms with E-state index in [1.54, 1.807) is 9.44 Å². The second kappa shape index (κ2) is 6.63. The zero-order chi connectivity index (χ0) is 7.28. The van der Waals surface area contributed by atoms with Crippen LogP contribution in [0.4, 0.5) is 9.59 Å². The van der Waals surface area contributed by atoms with E-state index >= 15 is 0 Å². The van der Waals surface area contributed by atoms with Crippen LogP contribution < -0.4 is 9.44 Å². The number of hydrogen-bond donors (Lipinski definition) is 4. The van der Waals surface area contributed by atoms with Crippen LogP contribution in [-0.4, -0.2) is 22.4 Å². The maximum atomic E-state index is 9.62. The molecular weight excluding hydrogens is 213 g/mol. The van der Waals surface area contributed by atoms with Crippen LogP contribution in [0.15, 0.2) is 0 Å². The van der Waals surface area contributed by atoms with Gasteiger partial charge in [-0.3, -0.25) is 0 Å². The molecule has 0 aliphatic carbocycles. The summed E-state index contributed by atoms with van der Waals surface area (Å²) in [7, 11) is 0. The minimum atomic E-state index is -1.30. The van der Waals surface area contributed by atoms with Crippen LogP contribution in [0, 0.1) is 0 Å². The Morgan fingerprint density at radius 1 is 1.10 bits per heavy atom. The molecule has 54 valence electrons. The molecule has 0 heterocycles. The van der Waals surface area contributed by atoms with Crippen molar-refractivity contribution in [3.05, 3.63) is 0 Å². The number of nitrogens with one attached hydrogen (secondary N) is 2. The second-order valence-corrected chi connectivity index (χ2v) is 1.53. The Hall–Kier alpha value is -0.487. The number of carbonyl (C=O) groups is 2. The van der Waals surface area contributed by atoms with Crippen LogP contribution in [-0.2, 0) is 19.5 Å². The Bertz CT molecular complexity index is 116. The Morgan fingerprint density at radius 3 is 1.60 bits per heavy atom. The molecule has 0 aliphatic rings. The topological polar surface area (TPSA) is 98.7 Å². The first-order chi connectivity index (χ1) is 4.13. The average molecular weight is 218 g/mol. The molecule has 0 fully saturated rings. The molecular formula is C2H4N2O4SZn. The van der Waals surface area contributed by atoms with Gasteiger partial charge in [0.25, 0.3) is 0 Å². The van der Waals surface area contributed by atoms with E-state index in [2.05, 4.69) is 0 Å². The fraction of sp³-hybridized carbons (Fsp3) is 0. The number of amides is 2. The molecule has 0 bridgehead atoms. The summed E-state index contributed by atoms with van der Waals surface area (Å²) < 4.78 is 3.44. The average Bonchev–Trinajstić information content (AvgIpc) is 1.63. The van der Waals surface area contributed by atoms with Gasteiger partial charge in [0.1, 0.15) is 0 Å². The summed E-state index contributed by atoms with van der Waals surface area (Å²) in [6.45, 7) is 0. The van der Waals surface area contributed by atoms with Crippen molar-refractivity contribution in [2.45, 2.75) is 0 Å². The fourth-order valence-electron chi connectivity index (χ4n) is 0.113. The molecule has 6 nitrogen and oxygen atoms in total. The van der Waals surface area contributed by atoms with E-state index < -0.39 is 12.2 Å². The largest absolute Gasteiger partial charge is 0.464 e. The van der Waals surface area contributed by atoms with Crippen molar-refractivity contribution >= 4 is 24.3 Å². The summed E-state index contributed by atoms with van der Waals surface area (Å²) in [5.41, 5.74) is 0. The van der Waals surface area contributed by atoms with Gasteiger partial charge in [-0.05, 0) is 0 Å². The van der Waals surface area contributed by atoms with E-state index in [1.165, 1.54) is 0 Å². The van der Waals surface area contributed by atoms with Gasteiger partial charge in [0.15, 0.2) is 0 Å². The van der Waals surface area contributed by atoms with E-state index in [9.17, 15) is 9.59 Å². The Morgan fingerprint density at radius 2 is 1.40 bits per heavy atom. The van der Waals surface area contributed by atoms with Crippen molar-refractivity contribution in [1.29, 1.82) is 0 Å². The molecule has 0 atom stereocenters. The fourth-order valence-corrected chi connectivity index (χ4v) is 0.338. The Labute approximate surface area is 73.4 Å². The first-order valence-corrected chi connectivity index (χ1v) is 2.58. The van der Waals surface area contributed by atoms with E-state index in [0.29, 0.717) is 12.1 Å². The van der Waals surface area contributed by atoms with Gasteiger partial charge in [-0.1, -0.05) is 0 Å². The minimum Gasteiger partial charge on any atom is -0.464 e. The van der Waals surface area contributed by atoms with Crippen LogP contribution >= 0.6 is 12.1 Å². The molecule has 0 rings (SSSR count). The molecule has 0 aromatic carbocycles. The summed E-state index contributed by atoms with van der Waals surface area (Å²) in [5.74, 6) is 0. The van der Waals surface area contributed by atoms with Crippen molar-refractivity contribution in [3.8, 4) is 0 Å². The third kappa shape index (κ3) is 10.5. The maximum absolute atomic E-state index is 9.62. The second-order valence-electron chi connectivity index (χ2n) is 0.916. The third-order valence-electron chi connectivity index (χ3n) is 0.277. The molecule has 2 amide bonds. The SMILES string of the molecule is O=C(O)NSNC(=O)O.[Zn]. The van der Waals surface area contributed by atoms with Gasteiger partial charge >= 0.3 is 12.2 Å². The Balaban J connectivity index is 0. The molecule has 0 aromatic rings. The standard InChI is InChI=1S/C2H4N2O4S.Zn/c5-1(6)3-9-4-2(7)8;/h3-4H,(H,5,6)(H,7,8);. The number of hydrogen-bond acceptors (Lipinski definition) is 3. The van der Waals surface area contributed by atoms with Gasteiger partial charge < -0.3 is 10.2 Å². The van der Waals surface area contributed by atoms with Gasteiger partial charge in [0, 0.05) is 19.5 Å². The van der Waals surface area contributed by atoms with Crippen molar-refractivity contribution in [3.63, 3.8) is 0 Å². The first-order valence-electron chi connectivity index (χ1n) is 1.76. The predicted octanol–water partition coefficient (Wildman–Crippen LogP) is 0.0823. The number of carboxylic acid groups (broad SMARTS) is 2. The van der Waals surface area contributed by atoms with Gasteiger partial charge in [-0.15, -0.1) is 0 Å². The van der Waals surface area contributed by atoms with E-state index in [0.717, 1.165) is 0 Å². The van der Waals surface area contributed by atoms with Crippen molar-refractivity contribution < 1.29 is 39.3 Å². The van der Waals surface area contributed by atoms with Crippen LogP contribution in [0.2, 0.25) is 0 Å². The molecule has 10 heavy (non-hydrogen) atoms. The molecule has 0 saturated carbocycles. The zero-order valence-electron chi connectivity index (χ0n) is 4.83. The van der Waals surface area contributed by atoms with Gasteiger partial charge in [-0.2, -0.15) is 0 Å². The Kier molecular flexibility index (Phi) is 8.10. The predicted molar refractivity (Wildman–Crippen MR) is 29.9 cm³/mol. The van der Waals surface area contributed by atoms with Crippen LogP contribution in [0.25, 0.3) is 0 Å². The van der Waals surface area contributed by atoms with Gasteiger partial charge in [0.05, 0.1) is 12.1 Å². The van der Waals surface area contributed by atoms with Crippen molar-refractivity contribution in [2.24, 2.45) is 0 Å². The molecule has 0 aromatic heterocycles. The minimum absolute atomic E-state index is 0. The van der Waals surface area contributed by atoms with Crippen LogP contribution in [0.1, 0.15) is 0 Å². The summed E-state index contributed by atoms with van der Waals surface area (Å²) in [5, 5.41) is 15.7. The summed E-state index contributed by atoms with van der Waals surface area (Å²) >= 11 is 0.370. The molecule has 0 unspecified atom stereocenters. The summed E-state index contributed by atoms with van der Waals surface area (Å²) in [6, 6.07) is 0. The maximum Gasteiger partial charge on any atom is 0.416 e. The van der Waals surface area contributed by atoms with Crippen molar-refractivity contribution in [1.82, 2.24) is 9.44 Å². The number of rotatable bonds is 2. The smallest absolute Gasteiger partial charge is 0.416 e. The van der Waals surface area contributed by atoms with E-state index in [1.807, 2.05) is 0 Å². The third-order valence-corrected chi connectivity index (χ3v) is 0.830. The van der Waals surface area contributed by atoms with E-state index in [4.69, 9.17) is 10.2 Å². The zero-order valence-corrected chi connectivity index (χ0v) is 8.61. The van der Waals surface area contributed by atoms with Gasteiger partial charge in [0.2, 0.25) is 0 Å². The normalized spacial score (nSPS) is 7.20. The molecule has 0 spiro atoms. The summed E-state index contributed by atoms with van der Waals surface area (Å²) in [4.78, 5) is 19.2. The van der Waals surface area contributed by atoms with Crippen LogP contribution in [0.3, 0.4) is 0 Å². The molecule has 8 heteroatoms. The van der Waals surface area contributed by atoms with E-state index in [-0.39, 0.29) is 19.5 Å². The molecule has 0 saturated heterocycles. The molecule has 0 radical (unpaired) electrons.